The molecule has 1 aliphatic rings. The lowest BCUT2D eigenvalue weighted by atomic mass is 9.94. The van der Waals surface area contributed by atoms with Crippen LogP contribution in [0.25, 0.3) is 105 Å². The molecule has 1 aliphatic heterocycles. The number of aromatic nitrogens is 4. The molecule has 0 bridgehead atoms. The maximum absolute atomic E-state index is 6.35. The minimum absolute atomic E-state index is 0.598. The van der Waals surface area contributed by atoms with Crippen molar-refractivity contribution >= 4 is 73.0 Å². The topological polar surface area (TPSA) is 56.7 Å². The third-order valence-corrected chi connectivity index (χ3v) is 15.6. The normalized spacial score (nSPS) is 13.2. The molecule has 12 rings (SSSR count). The lowest BCUT2D eigenvalue weighted by molar-refractivity contribution is 0.669. The lowest BCUT2D eigenvalue weighted by Gasteiger charge is -2.22. The maximum Gasteiger partial charge on any atom is 0.164 e. The number of nitrogens with zero attached hydrogens (tertiary/aromatic N) is 4. The molecule has 0 spiro atoms. The van der Waals surface area contributed by atoms with Gasteiger partial charge in [0.1, 0.15) is 19.2 Å². The monoisotopic (exact) mass is 746 g/mol. The second-order valence-corrected chi connectivity index (χ2v) is 19.9. The van der Waals surface area contributed by atoms with Crippen molar-refractivity contribution in [3.63, 3.8) is 0 Å². The largest absolute Gasteiger partial charge is 0.456 e. The molecule has 0 amide bonds. The summed E-state index contributed by atoms with van der Waals surface area (Å²) in [6.45, 7) is 5.02. The smallest absolute Gasteiger partial charge is 0.164 e. The number of rotatable bonds is 4. The zero-order chi connectivity index (χ0) is 37.8. The molecule has 0 aliphatic carbocycles. The van der Waals surface area contributed by atoms with E-state index in [9.17, 15) is 0 Å². The highest BCUT2D eigenvalue weighted by atomic mass is 28.3. The van der Waals surface area contributed by atoms with Crippen LogP contribution in [0, 0.1) is 0 Å². The lowest BCUT2D eigenvalue weighted by Crippen LogP contribution is -2.49. The third-order valence-electron chi connectivity index (χ3n) is 12.0. The SMILES string of the molecule is C[Si]1(C)c2ccccc2-c2ccc3c(-c4nc(-c5ccccc5)nc(-c5ccc6c(c5)oc5ccccc56)n4)cc4c(c5ccccc5n4-c4ccccc4)c3c21. The molecule has 0 unspecified atom stereocenters. The summed E-state index contributed by atoms with van der Waals surface area (Å²) in [5, 5.41) is 10.1. The number of hydrogen-bond acceptors (Lipinski definition) is 4. The van der Waals surface area contributed by atoms with Crippen molar-refractivity contribution in [2.75, 3.05) is 0 Å². The van der Waals surface area contributed by atoms with E-state index in [0.29, 0.717) is 17.5 Å². The van der Waals surface area contributed by atoms with Gasteiger partial charge < -0.3 is 8.98 Å². The van der Waals surface area contributed by atoms with Crippen LogP contribution in [0.3, 0.4) is 0 Å². The quantitative estimate of drug-likeness (QED) is 0.168. The summed E-state index contributed by atoms with van der Waals surface area (Å²) < 4.78 is 8.77. The molecule has 0 radical (unpaired) electrons. The maximum atomic E-state index is 6.35. The van der Waals surface area contributed by atoms with Gasteiger partial charge in [0.15, 0.2) is 17.5 Å². The zero-order valence-electron chi connectivity index (χ0n) is 31.4. The van der Waals surface area contributed by atoms with Gasteiger partial charge in [-0.15, -0.1) is 0 Å². The molecule has 11 aromatic rings. The Morgan fingerprint density at radius 2 is 1.09 bits per heavy atom. The predicted octanol–water partition coefficient (Wildman–Crippen LogP) is 11.8. The van der Waals surface area contributed by atoms with Crippen molar-refractivity contribution in [1.82, 2.24) is 19.5 Å². The van der Waals surface area contributed by atoms with Gasteiger partial charge in [0.25, 0.3) is 0 Å². The summed E-state index contributed by atoms with van der Waals surface area (Å²) in [6.07, 6.45) is 0. The van der Waals surface area contributed by atoms with E-state index in [2.05, 4.69) is 151 Å². The number of para-hydroxylation sites is 3. The van der Waals surface area contributed by atoms with Crippen LogP contribution >= 0.6 is 0 Å². The summed E-state index contributed by atoms with van der Waals surface area (Å²) in [6, 6.07) is 60.3. The van der Waals surface area contributed by atoms with E-state index >= 15 is 0 Å². The molecule has 4 heterocycles. The van der Waals surface area contributed by atoms with Crippen LogP contribution in [0.5, 0.6) is 0 Å². The fourth-order valence-electron chi connectivity index (χ4n) is 9.48. The highest BCUT2D eigenvalue weighted by Gasteiger charge is 2.40. The standard InChI is InChI=1S/C51H34N4OSi/c1-57(2)45-24-14-11-20-36(45)38-28-27-37-40(30-42-46(47(37)48(38)57)39-21-9-12-22-41(39)55(42)33-17-7-4-8-18-33)51-53-49(31-15-5-3-6-16-31)52-50(54-51)32-25-26-35-34-19-10-13-23-43(34)56-44(35)29-32/h3-30H,1-2H3. The van der Waals surface area contributed by atoms with Crippen LogP contribution < -0.4 is 10.4 Å². The van der Waals surface area contributed by atoms with Crippen molar-refractivity contribution < 1.29 is 4.42 Å². The van der Waals surface area contributed by atoms with E-state index in [0.717, 1.165) is 55.2 Å². The Balaban J connectivity index is 1.22. The van der Waals surface area contributed by atoms with Gasteiger partial charge in [0.05, 0.1) is 11.0 Å². The first kappa shape index (κ1) is 32.1. The zero-order valence-corrected chi connectivity index (χ0v) is 32.4. The summed E-state index contributed by atoms with van der Waals surface area (Å²) in [7, 11) is -2.18. The van der Waals surface area contributed by atoms with Gasteiger partial charge in [-0.25, -0.2) is 15.0 Å². The Labute approximate surface area is 329 Å². The molecule has 8 aromatic carbocycles. The minimum atomic E-state index is -2.18. The van der Waals surface area contributed by atoms with Crippen LogP contribution in [0.15, 0.2) is 174 Å². The van der Waals surface area contributed by atoms with E-state index in [1.54, 1.807) is 0 Å². The van der Waals surface area contributed by atoms with E-state index in [-0.39, 0.29) is 0 Å². The molecule has 6 heteroatoms. The summed E-state index contributed by atoms with van der Waals surface area (Å²) in [5.74, 6) is 1.86. The molecule has 3 aromatic heterocycles. The van der Waals surface area contributed by atoms with E-state index in [1.807, 2.05) is 36.4 Å². The molecule has 5 nitrogen and oxygen atoms in total. The summed E-state index contributed by atoms with van der Waals surface area (Å²) in [4.78, 5) is 15.9. The first-order chi connectivity index (χ1) is 28.0. The number of benzene rings is 8. The van der Waals surface area contributed by atoms with Crippen molar-refractivity contribution in [2.24, 2.45) is 0 Å². The van der Waals surface area contributed by atoms with Crippen LogP contribution in [0.4, 0.5) is 0 Å². The predicted molar refractivity (Wildman–Crippen MR) is 237 cm³/mol. The molecule has 268 valence electrons. The highest BCUT2D eigenvalue weighted by molar-refractivity contribution is 7.05. The third kappa shape index (κ3) is 4.65. The second-order valence-electron chi connectivity index (χ2n) is 15.6. The molecule has 0 N–H and O–H groups in total. The van der Waals surface area contributed by atoms with Crippen molar-refractivity contribution in [3.8, 4) is 51.0 Å². The molecule has 0 fully saturated rings. The van der Waals surface area contributed by atoms with Gasteiger partial charge in [-0.3, -0.25) is 0 Å². The highest BCUT2D eigenvalue weighted by Crippen LogP contribution is 2.44. The Kier molecular flexibility index (Phi) is 6.72. The number of hydrogen-bond donors (Lipinski definition) is 0. The van der Waals surface area contributed by atoms with Gasteiger partial charge >= 0.3 is 0 Å². The van der Waals surface area contributed by atoms with Gasteiger partial charge in [-0.2, -0.15) is 0 Å². The molecule has 0 saturated carbocycles. The van der Waals surface area contributed by atoms with Crippen LogP contribution in [0.1, 0.15) is 0 Å². The van der Waals surface area contributed by atoms with Crippen LogP contribution in [0.2, 0.25) is 13.1 Å². The van der Waals surface area contributed by atoms with Gasteiger partial charge in [-0.1, -0.05) is 140 Å². The van der Waals surface area contributed by atoms with Crippen LogP contribution in [-0.2, 0) is 0 Å². The molecule has 0 saturated heterocycles. The first-order valence-electron chi connectivity index (χ1n) is 19.5. The van der Waals surface area contributed by atoms with E-state index in [4.69, 9.17) is 19.4 Å². The van der Waals surface area contributed by atoms with E-state index < -0.39 is 8.07 Å². The summed E-state index contributed by atoms with van der Waals surface area (Å²) in [5.41, 5.74) is 10.6. The number of furan rings is 1. The Morgan fingerprint density at radius 1 is 0.439 bits per heavy atom. The van der Waals surface area contributed by atoms with Gasteiger partial charge in [0, 0.05) is 43.9 Å². The van der Waals surface area contributed by atoms with Crippen molar-refractivity contribution in [1.29, 1.82) is 0 Å². The van der Waals surface area contributed by atoms with Gasteiger partial charge in [-0.05, 0) is 74.7 Å². The number of fused-ring (bicyclic) bond motifs is 12. The molecular formula is C51H34N4OSi. The molecular weight excluding hydrogens is 713 g/mol. The van der Waals surface area contributed by atoms with Crippen molar-refractivity contribution in [2.45, 2.75) is 13.1 Å². The van der Waals surface area contributed by atoms with Crippen LogP contribution in [-0.4, -0.2) is 27.6 Å². The molecule has 0 atom stereocenters. The molecule has 57 heavy (non-hydrogen) atoms. The Hall–Kier alpha value is -7.15. The fraction of sp³-hybridized carbons (Fsp3) is 0.0392. The van der Waals surface area contributed by atoms with Crippen molar-refractivity contribution in [3.05, 3.63) is 170 Å². The van der Waals surface area contributed by atoms with E-state index in [1.165, 1.54) is 43.2 Å². The fourth-order valence-corrected chi connectivity index (χ4v) is 12.9. The Bertz CT molecular complexity index is 3440. The first-order valence-corrected chi connectivity index (χ1v) is 22.5. The second kappa shape index (κ2) is 11.9. The average molecular weight is 747 g/mol. The Morgan fingerprint density at radius 3 is 1.93 bits per heavy atom. The van der Waals surface area contributed by atoms with Gasteiger partial charge in [0.2, 0.25) is 0 Å². The summed E-state index contributed by atoms with van der Waals surface area (Å²) >= 11 is 0. The average Bonchev–Trinajstić information content (AvgIpc) is 3.89. The minimum Gasteiger partial charge on any atom is -0.456 e.